The van der Waals surface area contributed by atoms with Crippen LogP contribution in [0, 0.1) is 4.91 Å². The highest BCUT2D eigenvalue weighted by Crippen LogP contribution is 2.29. The molecule has 0 bridgehead atoms. The number of nitrogens with zero attached hydrogens (tertiary/aromatic N) is 2. The van der Waals surface area contributed by atoms with Crippen LogP contribution in [0.2, 0.25) is 0 Å². The van der Waals surface area contributed by atoms with E-state index in [1.165, 1.54) is 0 Å². The van der Waals surface area contributed by atoms with Crippen molar-refractivity contribution in [2.24, 2.45) is 5.18 Å². The fraction of sp³-hybridized carbons (Fsp3) is 0.440. The van der Waals surface area contributed by atoms with E-state index in [2.05, 4.69) is 23.9 Å². The van der Waals surface area contributed by atoms with Gasteiger partial charge < -0.3 is 9.64 Å². The summed E-state index contributed by atoms with van der Waals surface area (Å²) in [6.07, 6.45) is 4.95. The van der Waals surface area contributed by atoms with Crippen LogP contribution in [0.5, 0.6) is 0 Å². The quantitative estimate of drug-likeness (QED) is 0.163. The van der Waals surface area contributed by atoms with E-state index >= 15 is 0 Å². The Bertz CT molecular complexity index is 895. The first-order valence-electron chi connectivity index (χ1n) is 11.1. The van der Waals surface area contributed by atoms with E-state index in [1.807, 2.05) is 13.0 Å². The molecular weight excluding hydrogens is 392 g/mol. The van der Waals surface area contributed by atoms with Crippen LogP contribution < -0.4 is 4.90 Å². The Kier molecular flexibility index (Phi) is 9.88. The molecule has 0 amide bonds. The monoisotopic (exact) mass is 424 g/mol. The summed E-state index contributed by atoms with van der Waals surface area (Å²) in [5.41, 5.74) is 1.49. The van der Waals surface area contributed by atoms with Crippen LogP contribution in [0.4, 0.5) is 11.4 Å². The van der Waals surface area contributed by atoms with Crippen LogP contribution in [-0.2, 0) is 4.74 Å². The zero-order valence-corrected chi connectivity index (χ0v) is 18.7. The molecule has 2 aromatic rings. The summed E-state index contributed by atoms with van der Waals surface area (Å²) in [6, 6.07) is 11.6. The largest absolute Gasteiger partial charge is 0.462 e. The summed E-state index contributed by atoms with van der Waals surface area (Å²) in [4.78, 5) is 39.4. The Morgan fingerprint density at radius 2 is 1.65 bits per heavy atom. The average molecular weight is 425 g/mol. The summed E-state index contributed by atoms with van der Waals surface area (Å²) in [5, 5.41) is 3.09. The molecule has 0 aliphatic carbocycles. The van der Waals surface area contributed by atoms with Crippen molar-refractivity contribution in [1.82, 2.24) is 0 Å². The smallest absolute Gasteiger partial charge is 0.338 e. The van der Waals surface area contributed by atoms with Gasteiger partial charge in [0.25, 0.3) is 0 Å². The number of carbonyl (C=O) groups is 2. The fourth-order valence-electron chi connectivity index (χ4n) is 3.50. The van der Waals surface area contributed by atoms with Gasteiger partial charge in [0.15, 0.2) is 5.78 Å². The Hall–Kier alpha value is -3.02. The number of nitroso groups, excluding NO2 is 1. The zero-order chi connectivity index (χ0) is 22.6. The van der Waals surface area contributed by atoms with Crippen LogP contribution >= 0.6 is 0 Å². The van der Waals surface area contributed by atoms with E-state index in [-0.39, 0.29) is 22.4 Å². The summed E-state index contributed by atoms with van der Waals surface area (Å²) < 4.78 is 5.37. The third-order valence-electron chi connectivity index (χ3n) is 5.19. The molecule has 0 atom stereocenters. The summed E-state index contributed by atoms with van der Waals surface area (Å²) in [7, 11) is 0. The van der Waals surface area contributed by atoms with Gasteiger partial charge in [0.05, 0.1) is 17.7 Å². The van der Waals surface area contributed by atoms with Crippen molar-refractivity contribution in [3.8, 4) is 0 Å². The number of unbranched alkanes of at least 4 members (excludes halogenated alkanes) is 3. The highest BCUT2D eigenvalue weighted by Gasteiger charge is 2.22. The van der Waals surface area contributed by atoms with Crippen LogP contribution in [-0.4, -0.2) is 31.4 Å². The molecule has 6 heteroatoms. The molecule has 0 fully saturated rings. The van der Waals surface area contributed by atoms with Gasteiger partial charge >= 0.3 is 5.97 Å². The molecule has 0 N–H and O–H groups in total. The lowest BCUT2D eigenvalue weighted by molar-refractivity contribution is 0.0495. The fourth-order valence-corrected chi connectivity index (χ4v) is 3.50. The van der Waals surface area contributed by atoms with Gasteiger partial charge in [0, 0.05) is 24.3 Å². The first-order chi connectivity index (χ1) is 15.1. The van der Waals surface area contributed by atoms with Gasteiger partial charge in [0.1, 0.15) is 5.69 Å². The van der Waals surface area contributed by atoms with E-state index < -0.39 is 11.8 Å². The van der Waals surface area contributed by atoms with Crippen molar-refractivity contribution >= 4 is 23.1 Å². The second-order valence-corrected chi connectivity index (χ2v) is 7.44. The number of anilines is 1. The first-order valence-corrected chi connectivity index (χ1v) is 11.1. The van der Waals surface area contributed by atoms with Crippen LogP contribution in [0.25, 0.3) is 0 Å². The molecular formula is C25H32N2O4. The van der Waals surface area contributed by atoms with Crippen molar-refractivity contribution in [1.29, 1.82) is 0 Å². The molecule has 6 nitrogen and oxygen atoms in total. The molecule has 0 aliphatic heterocycles. The van der Waals surface area contributed by atoms with Crippen LogP contribution in [0.3, 0.4) is 0 Å². The minimum absolute atomic E-state index is 0.0692. The van der Waals surface area contributed by atoms with E-state index in [0.717, 1.165) is 50.9 Å². The number of ketones is 1. The van der Waals surface area contributed by atoms with Gasteiger partial charge in [-0.25, -0.2) is 4.79 Å². The SMILES string of the molecule is CCCCCCOC(=O)c1ccccc1C(=O)c1ccc(N(CC)CCC)cc1N=O. The third-order valence-corrected chi connectivity index (χ3v) is 5.19. The topological polar surface area (TPSA) is 76.0 Å². The Morgan fingerprint density at radius 3 is 2.29 bits per heavy atom. The van der Waals surface area contributed by atoms with Crippen LogP contribution in [0.15, 0.2) is 47.6 Å². The molecule has 0 aliphatic rings. The summed E-state index contributed by atoms with van der Waals surface area (Å²) in [5.74, 6) is -0.948. The molecule has 0 aromatic heterocycles. The van der Waals surface area contributed by atoms with E-state index in [9.17, 15) is 14.5 Å². The van der Waals surface area contributed by atoms with Crippen molar-refractivity contribution in [3.05, 3.63) is 64.1 Å². The molecule has 0 saturated heterocycles. The van der Waals surface area contributed by atoms with E-state index in [4.69, 9.17) is 4.74 Å². The molecule has 2 aromatic carbocycles. The van der Waals surface area contributed by atoms with Crippen molar-refractivity contribution < 1.29 is 14.3 Å². The summed E-state index contributed by atoms with van der Waals surface area (Å²) >= 11 is 0. The second-order valence-electron chi connectivity index (χ2n) is 7.44. The predicted molar refractivity (Wildman–Crippen MR) is 124 cm³/mol. The van der Waals surface area contributed by atoms with Gasteiger partial charge in [-0.2, -0.15) is 0 Å². The van der Waals surface area contributed by atoms with Gasteiger partial charge in [-0.15, -0.1) is 4.91 Å². The Balaban J connectivity index is 2.27. The highest BCUT2D eigenvalue weighted by molar-refractivity contribution is 6.16. The number of esters is 1. The number of rotatable bonds is 13. The molecule has 0 saturated carbocycles. The maximum Gasteiger partial charge on any atom is 0.338 e. The molecule has 0 spiro atoms. The molecule has 2 rings (SSSR count). The number of benzene rings is 2. The van der Waals surface area contributed by atoms with Gasteiger partial charge in [0.2, 0.25) is 0 Å². The van der Waals surface area contributed by atoms with Crippen LogP contribution in [0.1, 0.15) is 79.2 Å². The standard InChI is InChI=1S/C25H32N2O4/c1-4-7-8-11-17-31-25(29)21-13-10-9-12-20(21)24(28)22-15-14-19(18-23(22)26-30)27(6-3)16-5-2/h9-10,12-15,18H,4-8,11,16-17H2,1-3H3. The number of hydrogen-bond acceptors (Lipinski definition) is 6. The minimum Gasteiger partial charge on any atom is -0.462 e. The van der Waals surface area contributed by atoms with Crippen molar-refractivity contribution in [2.75, 3.05) is 24.6 Å². The Labute approximate surface area is 184 Å². The average Bonchev–Trinajstić information content (AvgIpc) is 2.81. The lowest BCUT2D eigenvalue weighted by Gasteiger charge is -2.23. The number of ether oxygens (including phenoxy) is 1. The molecule has 0 heterocycles. The lowest BCUT2D eigenvalue weighted by Crippen LogP contribution is -2.23. The zero-order valence-electron chi connectivity index (χ0n) is 18.7. The lowest BCUT2D eigenvalue weighted by atomic mass is 9.97. The second kappa shape index (κ2) is 12.6. The van der Waals surface area contributed by atoms with Gasteiger partial charge in [-0.1, -0.05) is 51.3 Å². The molecule has 0 radical (unpaired) electrons. The van der Waals surface area contributed by atoms with Crippen molar-refractivity contribution in [3.63, 3.8) is 0 Å². The third kappa shape index (κ3) is 6.48. The summed E-state index contributed by atoms with van der Waals surface area (Å²) in [6.45, 7) is 8.18. The van der Waals surface area contributed by atoms with E-state index in [1.54, 1.807) is 36.4 Å². The maximum atomic E-state index is 13.2. The Morgan fingerprint density at radius 1 is 0.903 bits per heavy atom. The first kappa shape index (κ1) is 24.3. The van der Waals surface area contributed by atoms with Gasteiger partial charge in [-0.3, -0.25) is 4.79 Å². The number of hydrogen-bond donors (Lipinski definition) is 0. The van der Waals surface area contributed by atoms with Gasteiger partial charge in [-0.05, 0) is 49.2 Å². The molecule has 31 heavy (non-hydrogen) atoms. The molecule has 166 valence electrons. The number of carbonyl (C=O) groups excluding carboxylic acids is 2. The normalized spacial score (nSPS) is 10.5. The predicted octanol–water partition coefficient (Wildman–Crippen LogP) is 6.29. The van der Waals surface area contributed by atoms with E-state index in [0.29, 0.717) is 6.61 Å². The molecule has 0 unspecified atom stereocenters. The highest BCUT2D eigenvalue weighted by atomic mass is 16.5. The maximum absolute atomic E-state index is 13.2. The minimum atomic E-state index is -0.530. The van der Waals surface area contributed by atoms with Crippen molar-refractivity contribution in [2.45, 2.75) is 52.9 Å².